The minimum Gasteiger partial charge on any atom is -0.369 e. The molecule has 10 heteroatoms. The second kappa shape index (κ2) is 14.3. The average Bonchev–Trinajstić information content (AvgIpc) is 2.95. The predicted octanol–water partition coefficient (Wildman–Crippen LogP) is 4.19. The Balaban J connectivity index is 0.00000400. The third-order valence-corrected chi connectivity index (χ3v) is 6.16. The first-order valence-corrected chi connectivity index (χ1v) is 12.7. The van der Waals surface area contributed by atoms with Crippen molar-refractivity contribution in [3.05, 3.63) is 72.3 Å². The molecule has 0 saturated carbocycles. The van der Waals surface area contributed by atoms with E-state index in [1.165, 1.54) is 0 Å². The highest BCUT2D eigenvalue weighted by atomic mass is 32.1. The zero-order valence-corrected chi connectivity index (χ0v) is 23.1. The molecule has 200 valence electrons. The van der Waals surface area contributed by atoms with Crippen molar-refractivity contribution in [2.24, 2.45) is 0 Å². The monoisotopic (exact) mass is 532 g/mol. The van der Waals surface area contributed by atoms with Gasteiger partial charge in [-0.05, 0) is 36.7 Å². The number of hydrogen-bond acceptors (Lipinski definition) is 8. The topological polar surface area (TPSA) is 117 Å². The second-order valence-electron chi connectivity index (χ2n) is 8.86. The summed E-state index contributed by atoms with van der Waals surface area (Å²) in [4.78, 5) is 30.2. The molecule has 0 aliphatic heterocycles. The van der Waals surface area contributed by atoms with Gasteiger partial charge in [0.05, 0.1) is 16.8 Å². The lowest BCUT2D eigenvalue weighted by Gasteiger charge is -2.16. The highest BCUT2D eigenvalue weighted by Crippen LogP contribution is 2.27. The number of hydrogen-bond donors (Lipinski definition) is 4. The van der Waals surface area contributed by atoms with Crippen LogP contribution in [0.5, 0.6) is 0 Å². The number of carbonyl (C=O) groups excluding carboxylic acids is 1. The molecule has 1 aromatic carbocycles. The van der Waals surface area contributed by atoms with Gasteiger partial charge in [-0.1, -0.05) is 32.0 Å². The van der Waals surface area contributed by atoms with E-state index in [0.717, 1.165) is 65.4 Å². The van der Waals surface area contributed by atoms with Gasteiger partial charge in [0, 0.05) is 62.0 Å². The first-order chi connectivity index (χ1) is 18.1. The highest BCUT2D eigenvalue weighted by Gasteiger charge is 2.15. The number of benzene rings is 1. The van der Waals surface area contributed by atoms with Crippen molar-refractivity contribution in [3.63, 3.8) is 0 Å². The maximum atomic E-state index is 12.3. The fraction of sp³-hybridized carbons (Fsp3) is 0.321. The maximum Gasteiger partial charge on any atom is 0.251 e. The van der Waals surface area contributed by atoms with Crippen molar-refractivity contribution in [2.75, 3.05) is 43.9 Å². The number of para-hydroxylation sites is 1. The molecule has 3 aromatic heterocycles. The van der Waals surface area contributed by atoms with Gasteiger partial charge < -0.3 is 21.3 Å². The normalized spacial score (nSPS) is 11.4. The third kappa shape index (κ3) is 7.17. The zero-order valence-electron chi connectivity index (χ0n) is 22.1. The van der Waals surface area contributed by atoms with Gasteiger partial charge in [-0.2, -0.15) is 13.5 Å². The van der Waals surface area contributed by atoms with E-state index in [1.54, 1.807) is 25.6 Å². The van der Waals surface area contributed by atoms with Crippen molar-refractivity contribution in [1.29, 1.82) is 0 Å². The Morgan fingerprint density at radius 3 is 2.58 bits per heavy atom. The van der Waals surface area contributed by atoms with Crippen molar-refractivity contribution < 1.29 is 4.79 Å². The van der Waals surface area contributed by atoms with Crippen LogP contribution in [0.15, 0.2) is 61.2 Å². The van der Waals surface area contributed by atoms with E-state index in [-0.39, 0.29) is 25.3 Å². The predicted molar refractivity (Wildman–Crippen MR) is 159 cm³/mol. The molecule has 0 fully saturated rings. The molecule has 0 saturated heterocycles. The lowest BCUT2D eigenvalue weighted by molar-refractivity contribution is 0.0964. The number of pyridine rings is 2. The van der Waals surface area contributed by atoms with Gasteiger partial charge in [0.2, 0.25) is 0 Å². The van der Waals surface area contributed by atoms with Crippen LogP contribution in [0, 0.1) is 0 Å². The smallest absolute Gasteiger partial charge is 0.251 e. The van der Waals surface area contributed by atoms with Gasteiger partial charge in [-0.3, -0.25) is 9.78 Å². The van der Waals surface area contributed by atoms with E-state index in [1.807, 2.05) is 36.5 Å². The number of amides is 1. The number of rotatable bonds is 12. The molecular weight excluding hydrogens is 496 g/mol. The summed E-state index contributed by atoms with van der Waals surface area (Å²) < 4.78 is 0. The summed E-state index contributed by atoms with van der Waals surface area (Å²) in [5.41, 5.74) is 4.26. The molecule has 4 N–H and O–H groups in total. The summed E-state index contributed by atoms with van der Waals surface area (Å²) in [6.07, 6.45) is 6.19. The Bertz CT molecular complexity index is 1330. The fourth-order valence-electron chi connectivity index (χ4n) is 4.14. The Labute approximate surface area is 230 Å². The minimum atomic E-state index is -0.119. The molecule has 4 rings (SSSR count). The summed E-state index contributed by atoms with van der Waals surface area (Å²) >= 11 is 0. The minimum absolute atomic E-state index is 0. The first kappa shape index (κ1) is 28.8. The van der Waals surface area contributed by atoms with Crippen LogP contribution >= 0.6 is 13.5 Å². The number of carbonyl (C=O) groups is 1. The van der Waals surface area contributed by atoms with E-state index in [9.17, 15) is 4.79 Å². The Hall–Kier alpha value is -3.76. The largest absolute Gasteiger partial charge is 0.369 e. The van der Waals surface area contributed by atoms with E-state index in [0.29, 0.717) is 12.1 Å². The standard InChI is InChI=1S/C28H34N8O.H2S/c1-4-11-30-13-14-31-25-9-8-20(17-34-25)24-15-26(36-18-35-24)33-16-19(2)21-6-5-7-22-23(28(37)29-3)10-12-32-27(21)22;/h5-10,12,15,17-19,30H,4,11,13-14,16H2,1-3H3,(H,29,37)(H,31,34)(H,33,35,36);1H2/t19-;/m1./s1. The van der Waals surface area contributed by atoms with Gasteiger partial charge in [0.1, 0.15) is 18.0 Å². The molecule has 0 radical (unpaired) electrons. The van der Waals surface area contributed by atoms with Gasteiger partial charge >= 0.3 is 0 Å². The van der Waals surface area contributed by atoms with Crippen LogP contribution < -0.4 is 21.3 Å². The summed E-state index contributed by atoms with van der Waals surface area (Å²) in [5, 5.41) is 13.7. The van der Waals surface area contributed by atoms with Crippen LogP contribution in [0.25, 0.3) is 22.2 Å². The number of aromatic nitrogens is 4. The molecule has 0 aliphatic rings. The van der Waals surface area contributed by atoms with E-state index in [4.69, 9.17) is 0 Å². The Morgan fingerprint density at radius 2 is 1.82 bits per heavy atom. The summed E-state index contributed by atoms with van der Waals surface area (Å²) in [5.74, 6) is 1.59. The summed E-state index contributed by atoms with van der Waals surface area (Å²) in [7, 11) is 1.63. The van der Waals surface area contributed by atoms with Crippen molar-refractivity contribution in [2.45, 2.75) is 26.2 Å². The van der Waals surface area contributed by atoms with Crippen molar-refractivity contribution in [1.82, 2.24) is 30.6 Å². The Kier molecular flexibility index (Phi) is 10.8. The Morgan fingerprint density at radius 1 is 0.947 bits per heavy atom. The van der Waals surface area contributed by atoms with Gasteiger partial charge in [0.25, 0.3) is 5.91 Å². The van der Waals surface area contributed by atoms with E-state index in [2.05, 4.69) is 61.1 Å². The molecule has 9 nitrogen and oxygen atoms in total. The third-order valence-electron chi connectivity index (χ3n) is 6.16. The van der Waals surface area contributed by atoms with Crippen LogP contribution in [0.1, 0.15) is 42.1 Å². The molecule has 3 heterocycles. The van der Waals surface area contributed by atoms with E-state index < -0.39 is 0 Å². The number of nitrogens with zero attached hydrogens (tertiary/aromatic N) is 4. The molecule has 4 aromatic rings. The van der Waals surface area contributed by atoms with Gasteiger partial charge in [-0.25, -0.2) is 15.0 Å². The molecular formula is C28H36N8OS. The lowest BCUT2D eigenvalue weighted by atomic mass is 9.96. The van der Waals surface area contributed by atoms with Gasteiger partial charge in [-0.15, -0.1) is 0 Å². The molecule has 0 bridgehead atoms. The molecule has 1 amide bonds. The maximum absolute atomic E-state index is 12.3. The van der Waals surface area contributed by atoms with Crippen LogP contribution in [-0.2, 0) is 0 Å². The number of nitrogens with one attached hydrogen (secondary N) is 4. The second-order valence-corrected chi connectivity index (χ2v) is 8.86. The van der Waals surface area contributed by atoms with Crippen LogP contribution in [0.2, 0.25) is 0 Å². The first-order valence-electron chi connectivity index (χ1n) is 12.7. The van der Waals surface area contributed by atoms with Gasteiger partial charge in [0.15, 0.2) is 0 Å². The fourth-order valence-corrected chi connectivity index (χ4v) is 4.14. The molecule has 0 unspecified atom stereocenters. The summed E-state index contributed by atoms with van der Waals surface area (Å²) in [6, 6.07) is 13.6. The zero-order chi connectivity index (χ0) is 26.0. The number of fused-ring (bicyclic) bond motifs is 1. The van der Waals surface area contributed by atoms with Crippen LogP contribution in [0.4, 0.5) is 11.6 Å². The quantitative estimate of drug-likeness (QED) is 0.201. The molecule has 1 atom stereocenters. The SMILES string of the molecule is CCCNCCNc1ccc(-c2cc(NC[C@@H](C)c3cccc4c(C(=O)NC)ccnc34)ncn2)cn1.S. The van der Waals surface area contributed by atoms with Crippen molar-refractivity contribution in [3.8, 4) is 11.3 Å². The van der Waals surface area contributed by atoms with Crippen LogP contribution in [-0.4, -0.2) is 59.1 Å². The summed E-state index contributed by atoms with van der Waals surface area (Å²) in [6.45, 7) is 7.68. The highest BCUT2D eigenvalue weighted by molar-refractivity contribution is 7.59. The van der Waals surface area contributed by atoms with Crippen molar-refractivity contribution >= 4 is 41.9 Å². The lowest BCUT2D eigenvalue weighted by Crippen LogP contribution is -2.22. The van der Waals surface area contributed by atoms with E-state index >= 15 is 0 Å². The molecule has 0 aliphatic carbocycles. The average molecular weight is 533 g/mol. The number of anilines is 2. The molecule has 38 heavy (non-hydrogen) atoms. The van der Waals surface area contributed by atoms with Crippen LogP contribution in [0.3, 0.4) is 0 Å². The molecule has 0 spiro atoms.